The summed E-state index contributed by atoms with van der Waals surface area (Å²) in [5.41, 5.74) is 4.50. The smallest absolute Gasteiger partial charge is 0.400 e. The molecule has 1 aromatic heterocycles. The van der Waals surface area contributed by atoms with Crippen LogP contribution in [0.3, 0.4) is 0 Å². The first-order valence-electron chi connectivity index (χ1n) is 3.67. The molecule has 11 heteroatoms. The van der Waals surface area contributed by atoms with Gasteiger partial charge in [-0.2, -0.15) is 0 Å². The molecule has 0 aromatic carbocycles. The lowest BCUT2D eigenvalue weighted by Gasteiger charge is -2.13. The number of alkyl halides is 3. The summed E-state index contributed by atoms with van der Waals surface area (Å²) in [6, 6.07) is 0.800. The van der Waals surface area contributed by atoms with Crippen molar-refractivity contribution in [2.24, 2.45) is 0 Å². The number of nitrogens with two attached hydrogens (primary N) is 1. The van der Waals surface area contributed by atoms with Gasteiger partial charge >= 0.3 is 6.36 Å². The van der Waals surface area contributed by atoms with Gasteiger partial charge in [-0.3, -0.25) is 0 Å². The molecular formula is C6H3Cl2F3N2O3S. The van der Waals surface area contributed by atoms with Gasteiger partial charge in [0.2, 0.25) is 5.03 Å². The van der Waals surface area contributed by atoms with E-state index in [0.29, 0.717) is 0 Å². The Morgan fingerprint density at radius 1 is 1.41 bits per heavy atom. The van der Waals surface area contributed by atoms with Crippen LogP contribution in [0.15, 0.2) is 11.1 Å². The third kappa shape index (κ3) is 3.79. The first-order chi connectivity index (χ1) is 7.50. The molecule has 0 spiro atoms. The fourth-order valence-electron chi connectivity index (χ4n) is 0.881. The number of nitrogens with zero attached hydrogens (tertiary/aromatic N) is 1. The van der Waals surface area contributed by atoms with Crippen LogP contribution in [0.25, 0.3) is 0 Å². The van der Waals surface area contributed by atoms with E-state index in [0.717, 1.165) is 6.07 Å². The number of hydrogen-bond acceptors (Lipinski definition) is 5. The van der Waals surface area contributed by atoms with E-state index in [4.69, 9.17) is 28.0 Å². The predicted molar refractivity (Wildman–Crippen MR) is 53.4 cm³/mol. The Balaban J connectivity index is 3.47. The molecule has 0 radical (unpaired) electrons. The minimum Gasteiger partial charge on any atom is -0.400 e. The first-order valence-corrected chi connectivity index (χ1v) is 6.36. The zero-order valence-corrected chi connectivity index (χ0v) is 9.95. The first kappa shape index (κ1) is 14.1. The van der Waals surface area contributed by atoms with Crippen LogP contribution in [0, 0.1) is 0 Å². The van der Waals surface area contributed by atoms with Crippen molar-refractivity contribution in [2.75, 3.05) is 5.73 Å². The number of ether oxygens (including phenoxy) is 1. The van der Waals surface area contributed by atoms with Crippen LogP contribution in [0.1, 0.15) is 0 Å². The third-order valence-corrected chi connectivity index (χ3v) is 2.76. The average Bonchev–Trinajstić information content (AvgIpc) is 2.05. The van der Waals surface area contributed by atoms with Gasteiger partial charge in [-0.05, 0) is 0 Å². The molecule has 5 nitrogen and oxygen atoms in total. The Kier molecular flexibility index (Phi) is 3.65. The Morgan fingerprint density at radius 2 is 1.94 bits per heavy atom. The molecule has 1 rings (SSSR count). The van der Waals surface area contributed by atoms with E-state index in [-0.39, 0.29) is 0 Å². The minimum atomic E-state index is -5.14. The molecule has 1 heterocycles. The van der Waals surface area contributed by atoms with Crippen molar-refractivity contribution < 1.29 is 26.3 Å². The van der Waals surface area contributed by atoms with E-state index in [1.165, 1.54) is 0 Å². The molecular weight excluding hydrogens is 308 g/mol. The van der Waals surface area contributed by atoms with Crippen LogP contribution < -0.4 is 10.5 Å². The highest BCUT2D eigenvalue weighted by Gasteiger charge is 2.36. The molecule has 1 aromatic rings. The van der Waals surface area contributed by atoms with Gasteiger partial charge in [0.25, 0.3) is 9.05 Å². The van der Waals surface area contributed by atoms with E-state index < -0.39 is 37.0 Å². The summed E-state index contributed by atoms with van der Waals surface area (Å²) in [5.74, 6) is -1.21. The van der Waals surface area contributed by atoms with Crippen molar-refractivity contribution in [1.29, 1.82) is 0 Å². The zero-order chi connectivity index (χ0) is 13.4. The van der Waals surface area contributed by atoms with Crippen LogP contribution in [0.2, 0.25) is 5.15 Å². The summed E-state index contributed by atoms with van der Waals surface area (Å²) in [5, 5.41) is -1.63. The van der Waals surface area contributed by atoms with E-state index in [1.807, 2.05) is 0 Å². The van der Waals surface area contributed by atoms with Gasteiger partial charge in [-0.15, -0.1) is 13.2 Å². The molecule has 0 fully saturated rings. The van der Waals surface area contributed by atoms with Crippen LogP contribution in [-0.2, 0) is 9.05 Å². The molecule has 96 valence electrons. The second kappa shape index (κ2) is 4.39. The second-order valence-corrected chi connectivity index (χ2v) is 5.52. The monoisotopic (exact) mass is 310 g/mol. The maximum Gasteiger partial charge on any atom is 0.573 e. The second-order valence-electron chi connectivity index (χ2n) is 2.65. The largest absolute Gasteiger partial charge is 0.573 e. The SMILES string of the molecule is Nc1cc(Cl)nc(S(=O)(=O)Cl)c1OC(F)(F)F. The summed E-state index contributed by atoms with van der Waals surface area (Å²) in [7, 11) is 0.305. The van der Waals surface area contributed by atoms with Gasteiger partial charge in [-0.25, -0.2) is 13.4 Å². The van der Waals surface area contributed by atoms with E-state index >= 15 is 0 Å². The molecule has 0 aliphatic carbocycles. The Hall–Kier alpha value is -0.930. The fourth-order valence-corrected chi connectivity index (χ4v) is 2.04. The van der Waals surface area contributed by atoms with Gasteiger partial charge < -0.3 is 10.5 Å². The number of hydrogen-bond donors (Lipinski definition) is 1. The number of nitrogen functional groups attached to an aromatic ring is 1. The van der Waals surface area contributed by atoms with Crippen molar-refractivity contribution in [2.45, 2.75) is 11.4 Å². The molecule has 0 saturated carbocycles. The highest BCUT2D eigenvalue weighted by Crippen LogP contribution is 2.36. The summed E-state index contributed by atoms with van der Waals surface area (Å²) >= 11 is 5.35. The molecule has 0 aliphatic rings. The predicted octanol–water partition coefficient (Wildman–Crippen LogP) is 2.14. The van der Waals surface area contributed by atoms with Gasteiger partial charge in [-0.1, -0.05) is 11.6 Å². The van der Waals surface area contributed by atoms with Crippen LogP contribution in [0.5, 0.6) is 5.75 Å². The molecule has 0 unspecified atom stereocenters. The molecule has 0 saturated heterocycles. The molecule has 0 atom stereocenters. The lowest BCUT2D eigenvalue weighted by molar-refractivity contribution is -0.275. The van der Waals surface area contributed by atoms with Crippen molar-refractivity contribution >= 4 is 37.0 Å². The summed E-state index contributed by atoms with van der Waals surface area (Å²) in [6.07, 6.45) is -5.14. The highest BCUT2D eigenvalue weighted by molar-refractivity contribution is 8.13. The number of pyridine rings is 1. The van der Waals surface area contributed by atoms with Crippen LogP contribution >= 0.6 is 22.3 Å². The van der Waals surface area contributed by atoms with Crippen LogP contribution in [0.4, 0.5) is 18.9 Å². The summed E-state index contributed by atoms with van der Waals surface area (Å²) < 4.78 is 61.4. The maximum absolute atomic E-state index is 12.0. The van der Waals surface area contributed by atoms with Crippen molar-refractivity contribution in [3.05, 3.63) is 11.2 Å². The van der Waals surface area contributed by atoms with E-state index in [9.17, 15) is 21.6 Å². The fraction of sp³-hybridized carbons (Fsp3) is 0.167. The molecule has 0 amide bonds. The van der Waals surface area contributed by atoms with E-state index in [2.05, 4.69) is 9.72 Å². The Morgan fingerprint density at radius 3 is 2.35 bits per heavy atom. The van der Waals surface area contributed by atoms with Gasteiger partial charge in [0, 0.05) is 16.7 Å². The van der Waals surface area contributed by atoms with Gasteiger partial charge in [0.1, 0.15) is 5.15 Å². The molecule has 0 bridgehead atoms. The van der Waals surface area contributed by atoms with Gasteiger partial charge in [0.15, 0.2) is 5.75 Å². The van der Waals surface area contributed by atoms with E-state index in [1.54, 1.807) is 0 Å². The lowest BCUT2D eigenvalue weighted by Crippen LogP contribution is -2.20. The normalized spacial score (nSPS) is 12.5. The Labute approximate surface area is 103 Å². The summed E-state index contributed by atoms with van der Waals surface area (Å²) in [6.45, 7) is 0. The molecule has 2 N–H and O–H groups in total. The molecule has 17 heavy (non-hydrogen) atoms. The standard InChI is InChI=1S/C6H3Cl2F3N2O3S/c7-3-1-2(12)4(16-6(9,10)11)5(13-3)17(8,14)15/h1H,(H2,12,13). The van der Waals surface area contributed by atoms with Crippen molar-refractivity contribution in [3.63, 3.8) is 0 Å². The van der Waals surface area contributed by atoms with Crippen molar-refractivity contribution in [1.82, 2.24) is 4.98 Å². The summed E-state index contributed by atoms with van der Waals surface area (Å²) in [4.78, 5) is 3.13. The number of aromatic nitrogens is 1. The lowest BCUT2D eigenvalue weighted by atomic mass is 10.4. The zero-order valence-electron chi connectivity index (χ0n) is 7.62. The average molecular weight is 311 g/mol. The maximum atomic E-state index is 12.0. The number of rotatable bonds is 2. The Bertz CT molecular complexity index is 546. The minimum absolute atomic E-state index is 0.434. The highest BCUT2D eigenvalue weighted by atomic mass is 35.7. The van der Waals surface area contributed by atoms with Gasteiger partial charge in [0.05, 0.1) is 5.69 Å². The topological polar surface area (TPSA) is 82.3 Å². The van der Waals surface area contributed by atoms with Crippen LogP contribution in [-0.4, -0.2) is 19.8 Å². The molecule has 0 aliphatic heterocycles. The third-order valence-electron chi connectivity index (χ3n) is 1.39. The van der Waals surface area contributed by atoms with Crippen molar-refractivity contribution in [3.8, 4) is 5.75 Å². The quantitative estimate of drug-likeness (QED) is 0.668. The number of anilines is 1. The number of halogens is 5.